The van der Waals surface area contributed by atoms with E-state index in [1.165, 1.54) is 23.2 Å². The van der Waals surface area contributed by atoms with E-state index in [-0.39, 0.29) is 23.6 Å². The third kappa shape index (κ3) is 3.19. The van der Waals surface area contributed by atoms with Crippen molar-refractivity contribution in [1.29, 1.82) is 0 Å². The molecule has 1 N–H and O–H groups in total. The number of anilines is 1. The second kappa shape index (κ2) is 6.60. The first-order chi connectivity index (χ1) is 11.8. The lowest BCUT2D eigenvalue weighted by Gasteiger charge is -2.10. The van der Waals surface area contributed by atoms with Gasteiger partial charge in [0.2, 0.25) is 5.91 Å². The molecule has 0 aliphatic rings. The first kappa shape index (κ1) is 17.6. The number of carbonyl (C=O) groups is 1. The fourth-order valence-corrected chi connectivity index (χ4v) is 3.38. The van der Waals surface area contributed by atoms with Gasteiger partial charge in [-0.25, -0.2) is 9.78 Å². The van der Waals surface area contributed by atoms with Crippen molar-refractivity contribution < 1.29 is 4.79 Å². The van der Waals surface area contributed by atoms with E-state index < -0.39 is 11.2 Å². The van der Waals surface area contributed by atoms with E-state index >= 15 is 0 Å². The predicted molar refractivity (Wildman–Crippen MR) is 101 cm³/mol. The van der Waals surface area contributed by atoms with Crippen LogP contribution in [-0.2, 0) is 25.4 Å². The maximum atomic E-state index is 12.4. The van der Waals surface area contributed by atoms with Crippen molar-refractivity contribution in [2.24, 2.45) is 14.1 Å². The van der Waals surface area contributed by atoms with Crippen LogP contribution in [-0.4, -0.2) is 24.6 Å². The fraction of sp³-hybridized carbons (Fsp3) is 0.200. The Bertz CT molecular complexity index is 1110. The van der Waals surface area contributed by atoms with E-state index in [2.05, 4.69) is 42.2 Å². The summed E-state index contributed by atoms with van der Waals surface area (Å²) >= 11 is 6.59. The minimum absolute atomic E-state index is 0.107. The molecule has 1 aromatic carbocycles. The van der Waals surface area contributed by atoms with Gasteiger partial charge in [0.25, 0.3) is 5.56 Å². The van der Waals surface area contributed by atoms with Gasteiger partial charge in [-0.1, -0.05) is 22.0 Å². The standard InChI is InChI=1S/C15H13Br2N5O3/c1-20-12-11(13(24)21(2)15(20)25)19-14(17)22(12)7-10(23)18-9-5-3-4-8(16)6-9/h3-6H,7H2,1-2H3,(H,18,23). The smallest absolute Gasteiger partial charge is 0.324 e. The molecule has 0 unspecified atom stereocenters. The highest BCUT2D eigenvalue weighted by Gasteiger charge is 2.19. The van der Waals surface area contributed by atoms with Crippen molar-refractivity contribution in [3.8, 4) is 0 Å². The largest absolute Gasteiger partial charge is 0.332 e. The predicted octanol–water partition coefficient (Wildman–Crippen LogP) is 1.60. The highest BCUT2D eigenvalue weighted by atomic mass is 79.9. The number of rotatable bonds is 3. The molecule has 0 saturated heterocycles. The Morgan fingerprint density at radius 3 is 2.60 bits per heavy atom. The summed E-state index contributed by atoms with van der Waals surface area (Å²) in [7, 11) is 2.91. The SMILES string of the molecule is Cn1c(=O)c2nc(Br)n(CC(=O)Nc3cccc(Br)c3)c2n(C)c1=O. The van der Waals surface area contributed by atoms with E-state index in [0.29, 0.717) is 10.4 Å². The van der Waals surface area contributed by atoms with E-state index in [9.17, 15) is 14.4 Å². The normalized spacial score (nSPS) is 11.0. The number of hydrogen-bond acceptors (Lipinski definition) is 4. The van der Waals surface area contributed by atoms with Crippen LogP contribution in [0.5, 0.6) is 0 Å². The first-order valence-electron chi connectivity index (χ1n) is 7.16. The minimum Gasteiger partial charge on any atom is -0.324 e. The number of aryl methyl sites for hydroxylation is 1. The second-order valence-corrected chi connectivity index (χ2v) is 7.03. The summed E-state index contributed by atoms with van der Waals surface area (Å²) in [5.74, 6) is -0.314. The van der Waals surface area contributed by atoms with Crippen LogP contribution < -0.4 is 16.6 Å². The average Bonchev–Trinajstić information content (AvgIpc) is 2.88. The summed E-state index contributed by atoms with van der Waals surface area (Å²) in [6.45, 7) is -0.107. The summed E-state index contributed by atoms with van der Waals surface area (Å²) in [6, 6.07) is 7.18. The van der Waals surface area contributed by atoms with E-state index in [4.69, 9.17) is 0 Å². The second-order valence-electron chi connectivity index (χ2n) is 5.40. The molecule has 0 spiro atoms. The zero-order valence-corrected chi connectivity index (χ0v) is 16.5. The molecular weight excluding hydrogens is 458 g/mol. The molecule has 0 radical (unpaired) electrons. The number of aromatic nitrogens is 4. The Labute approximate surface area is 158 Å². The van der Waals surface area contributed by atoms with Crippen molar-refractivity contribution in [2.45, 2.75) is 6.54 Å². The number of nitrogens with one attached hydrogen (secondary N) is 1. The van der Waals surface area contributed by atoms with Gasteiger partial charge in [-0.05, 0) is 34.1 Å². The number of nitrogens with zero attached hydrogens (tertiary/aromatic N) is 4. The number of benzene rings is 1. The summed E-state index contributed by atoms with van der Waals surface area (Å²) in [5, 5.41) is 2.76. The van der Waals surface area contributed by atoms with Crippen molar-refractivity contribution in [3.63, 3.8) is 0 Å². The zero-order chi connectivity index (χ0) is 18.3. The third-order valence-corrected chi connectivity index (χ3v) is 4.80. The first-order valence-corrected chi connectivity index (χ1v) is 8.75. The van der Waals surface area contributed by atoms with Crippen LogP contribution >= 0.6 is 31.9 Å². The van der Waals surface area contributed by atoms with Crippen LogP contribution in [0.4, 0.5) is 5.69 Å². The van der Waals surface area contributed by atoms with Crippen LogP contribution in [0, 0.1) is 0 Å². The van der Waals surface area contributed by atoms with Crippen LogP contribution in [0.15, 0.2) is 43.1 Å². The van der Waals surface area contributed by atoms with Crippen LogP contribution in [0.2, 0.25) is 0 Å². The van der Waals surface area contributed by atoms with Gasteiger partial charge in [-0.15, -0.1) is 0 Å². The number of fused-ring (bicyclic) bond motifs is 1. The lowest BCUT2D eigenvalue weighted by atomic mass is 10.3. The third-order valence-electron chi connectivity index (χ3n) is 3.70. The summed E-state index contributed by atoms with van der Waals surface area (Å²) in [4.78, 5) is 40.9. The van der Waals surface area contributed by atoms with Gasteiger partial charge in [-0.3, -0.25) is 23.3 Å². The van der Waals surface area contributed by atoms with Crippen molar-refractivity contribution in [2.75, 3.05) is 5.32 Å². The Morgan fingerprint density at radius 1 is 1.20 bits per heavy atom. The lowest BCUT2D eigenvalue weighted by Crippen LogP contribution is -2.37. The number of halogens is 2. The molecule has 25 heavy (non-hydrogen) atoms. The molecule has 0 bridgehead atoms. The molecule has 2 heterocycles. The van der Waals surface area contributed by atoms with Crippen LogP contribution in [0.25, 0.3) is 11.2 Å². The number of carbonyl (C=O) groups excluding carboxylic acids is 1. The van der Waals surface area contributed by atoms with Gasteiger partial charge in [0.15, 0.2) is 15.9 Å². The molecule has 8 nitrogen and oxygen atoms in total. The van der Waals surface area contributed by atoms with Gasteiger partial charge in [0.05, 0.1) is 0 Å². The Balaban J connectivity index is 2.02. The van der Waals surface area contributed by atoms with Gasteiger partial charge in [0.1, 0.15) is 6.54 Å². The molecule has 0 aliphatic heterocycles. The monoisotopic (exact) mass is 469 g/mol. The van der Waals surface area contributed by atoms with E-state index in [1.807, 2.05) is 6.07 Å². The lowest BCUT2D eigenvalue weighted by molar-refractivity contribution is -0.116. The molecular formula is C15H13Br2N5O3. The fourth-order valence-electron chi connectivity index (χ4n) is 2.51. The molecule has 3 aromatic rings. The van der Waals surface area contributed by atoms with Crippen molar-refractivity contribution >= 4 is 54.6 Å². The highest BCUT2D eigenvalue weighted by molar-refractivity contribution is 9.10. The summed E-state index contributed by atoms with van der Waals surface area (Å²) in [5.41, 5.74) is 0.0318. The number of amides is 1. The summed E-state index contributed by atoms with van der Waals surface area (Å²) < 4.78 is 4.88. The summed E-state index contributed by atoms with van der Waals surface area (Å²) in [6.07, 6.45) is 0. The maximum absolute atomic E-state index is 12.4. The van der Waals surface area contributed by atoms with Gasteiger partial charge in [-0.2, -0.15) is 0 Å². The molecule has 0 saturated carbocycles. The van der Waals surface area contributed by atoms with Crippen molar-refractivity contribution in [1.82, 2.24) is 18.7 Å². The molecule has 0 fully saturated rings. The highest BCUT2D eigenvalue weighted by Crippen LogP contribution is 2.18. The van der Waals surface area contributed by atoms with Crippen LogP contribution in [0.3, 0.4) is 0 Å². The van der Waals surface area contributed by atoms with Crippen LogP contribution in [0.1, 0.15) is 0 Å². The number of imidazole rings is 1. The van der Waals surface area contributed by atoms with Gasteiger partial charge < -0.3 is 5.32 Å². The zero-order valence-electron chi connectivity index (χ0n) is 13.3. The Morgan fingerprint density at radius 2 is 1.92 bits per heavy atom. The average molecular weight is 471 g/mol. The molecule has 0 aliphatic carbocycles. The molecule has 130 valence electrons. The molecule has 3 rings (SSSR count). The van der Waals surface area contributed by atoms with E-state index in [0.717, 1.165) is 9.04 Å². The number of hydrogen-bond donors (Lipinski definition) is 1. The molecule has 0 atom stereocenters. The van der Waals surface area contributed by atoms with Gasteiger partial charge >= 0.3 is 5.69 Å². The van der Waals surface area contributed by atoms with Gasteiger partial charge in [0, 0.05) is 24.3 Å². The topological polar surface area (TPSA) is 90.9 Å². The molecule has 1 amide bonds. The minimum atomic E-state index is -0.509. The Kier molecular flexibility index (Phi) is 4.65. The van der Waals surface area contributed by atoms with E-state index in [1.54, 1.807) is 18.2 Å². The van der Waals surface area contributed by atoms with Crippen molar-refractivity contribution in [3.05, 3.63) is 54.3 Å². The quantitative estimate of drug-likeness (QED) is 0.588. The maximum Gasteiger partial charge on any atom is 0.332 e. The Hall–Kier alpha value is -2.20. The molecule has 2 aromatic heterocycles. The molecule has 10 heteroatoms.